The Kier molecular flexibility index (Phi) is 6.64. The maximum atomic E-state index is 11.6. The summed E-state index contributed by atoms with van der Waals surface area (Å²) in [7, 11) is 1.90. The molecule has 2 atom stereocenters. The molecule has 1 saturated heterocycles. The van der Waals surface area contributed by atoms with E-state index >= 15 is 0 Å². The van der Waals surface area contributed by atoms with Gasteiger partial charge in [0, 0.05) is 37.4 Å². The number of aryl methyl sites for hydroxylation is 2. The average Bonchev–Trinajstić information content (AvgIpc) is 3.45. The molecule has 39 heavy (non-hydrogen) atoms. The minimum Gasteiger partial charge on any atom is -0.481 e. The minimum atomic E-state index is -0.788. The molecule has 0 saturated carbocycles. The first-order chi connectivity index (χ1) is 18.9. The van der Waals surface area contributed by atoms with Crippen LogP contribution in [-0.4, -0.2) is 48.8 Å². The monoisotopic (exact) mass is 523 g/mol. The van der Waals surface area contributed by atoms with E-state index in [0.717, 1.165) is 70.5 Å². The Balaban J connectivity index is 1.62. The zero-order valence-corrected chi connectivity index (χ0v) is 22.5. The van der Waals surface area contributed by atoms with Gasteiger partial charge in [0.15, 0.2) is 0 Å². The van der Waals surface area contributed by atoms with Crippen LogP contribution in [0, 0.1) is 18.8 Å². The average molecular weight is 524 g/mol. The highest BCUT2D eigenvalue weighted by Crippen LogP contribution is 2.41. The van der Waals surface area contributed by atoms with Gasteiger partial charge in [-0.3, -0.25) is 9.78 Å². The molecule has 0 bridgehead atoms. The maximum absolute atomic E-state index is 11.6. The molecule has 0 radical (unpaired) electrons. The Bertz CT molecular complexity index is 1630. The summed E-state index contributed by atoms with van der Waals surface area (Å²) in [4.78, 5) is 16.6. The van der Waals surface area contributed by atoms with E-state index < -0.39 is 11.9 Å². The van der Waals surface area contributed by atoms with Crippen LogP contribution in [0.1, 0.15) is 42.6 Å². The zero-order chi connectivity index (χ0) is 27.1. The molecule has 8 nitrogen and oxygen atoms in total. The number of benzene rings is 2. The van der Waals surface area contributed by atoms with Gasteiger partial charge < -0.3 is 14.4 Å². The third-order valence-electron chi connectivity index (χ3n) is 8.07. The summed E-state index contributed by atoms with van der Waals surface area (Å²) >= 11 is 0. The molecule has 1 N–H and O–H groups in total. The number of ether oxygens (including phenoxy) is 1. The van der Waals surface area contributed by atoms with E-state index in [1.165, 1.54) is 5.56 Å². The molecule has 1 aliphatic rings. The number of nitrogens with zero attached hydrogens (tertiary/aromatic N) is 5. The number of carboxylic acid groups (broad SMARTS) is 1. The third-order valence-corrected chi connectivity index (χ3v) is 8.07. The molecule has 0 aliphatic carbocycles. The van der Waals surface area contributed by atoms with Crippen molar-refractivity contribution in [1.29, 1.82) is 0 Å². The molecule has 0 amide bonds. The molecule has 4 heterocycles. The lowest BCUT2D eigenvalue weighted by atomic mass is 9.86. The first-order valence-electron chi connectivity index (χ1n) is 13.6. The van der Waals surface area contributed by atoms with Crippen LogP contribution in [0.3, 0.4) is 0 Å². The lowest BCUT2D eigenvalue weighted by Crippen LogP contribution is -2.26. The minimum absolute atomic E-state index is 0.0988. The van der Waals surface area contributed by atoms with Crippen molar-refractivity contribution in [3.8, 4) is 11.3 Å². The molecular weight excluding hydrogens is 490 g/mol. The summed E-state index contributed by atoms with van der Waals surface area (Å²) in [6.45, 7) is 5.23. The first-order valence-corrected chi connectivity index (χ1v) is 13.6. The number of hydrogen-bond donors (Lipinski definition) is 1. The number of fused-ring (bicyclic) bond motifs is 3. The summed E-state index contributed by atoms with van der Waals surface area (Å²) in [6.07, 6.45) is 4.33. The van der Waals surface area contributed by atoms with Crippen molar-refractivity contribution in [2.45, 2.75) is 39.2 Å². The topological polar surface area (TPSA) is 95.1 Å². The van der Waals surface area contributed by atoms with Gasteiger partial charge in [0.2, 0.25) is 0 Å². The van der Waals surface area contributed by atoms with Crippen LogP contribution >= 0.6 is 0 Å². The van der Waals surface area contributed by atoms with E-state index in [9.17, 15) is 9.90 Å². The van der Waals surface area contributed by atoms with Crippen LogP contribution in [0.25, 0.3) is 33.2 Å². The number of rotatable bonds is 7. The van der Waals surface area contributed by atoms with Crippen molar-refractivity contribution in [2.75, 3.05) is 13.2 Å². The van der Waals surface area contributed by atoms with Crippen LogP contribution < -0.4 is 0 Å². The second-order valence-corrected chi connectivity index (χ2v) is 10.7. The van der Waals surface area contributed by atoms with E-state index in [1.807, 2.05) is 20.2 Å². The predicted octanol–water partition coefficient (Wildman–Crippen LogP) is 5.57. The number of carbonyl (C=O) groups is 1. The van der Waals surface area contributed by atoms with Gasteiger partial charge >= 0.3 is 5.97 Å². The van der Waals surface area contributed by atoms with E-state index in [0.29, 0.717) is 12.3 Å². The van der Waals surface area contributed by atoms with E-state index in [2.05, 4.69) is 69.5 Å². The smallest absolute Gasteiger partial charge is 0.306 e. The fourth-order valence-corrected chi connectivity index (χ4v) is 6.12. The van der Waals surface area contributed by atoms with Gasteiger partial charge in [0.1, 0.15) is 0 Å². The maximum Gasteiger partial charge on any atom is 0.306 e. The summed E-state index contributed by atoms with van der Waals surface area (Å²) < 4.78 is 10.0. The van der Waals surface area contributed by atoms with Crippen molar-refractivity contribution in [3.63, 3.8) is 0 Å². The van der Waals surface area contributed by atoms with Crippen molar-refractivity contribution in [3.05, 3.63) is 77.6 Å². The summed E-state index contributed by atoms with van der Waals surface area (Å²) in [6, 6.07) is 19.4. The van der Waals surface area contributed by atoms with E-state index in [4.69, 9.17) is 9.72 Å². The molecule has 5 aromatic rings. The lowest BCUT2D eigenvalue weighted by molar-refractivity contribution is -0.141. The van der Waals surface area contributed by atoms with Gasteiger partial charge in [-0.2, -0.15) is 0 Å². The Hall–Kier alpha value is -4.04. The molecule has 0 spiro atoms. The summed E-state index contributed by atoms with van der Waals surface area (Å²) in [5.41, 5.74) is 8.09. The Morgan fingerprint density at radius 2 is 1.87 bits per heavy atom. The Morgan fingerprint density at radius 3 is 2.56 bits per heavy atom. The molecule has 1 fully saturated rings. The predicted molar refractivity (Wildman–Crippen MR) is 151 cm³/mol. The zero-order valence-electron chi connectivity index (χ0n) is 22.5. The second-order valence-electron chi connectivity index (χ2n) is 10.7. The quantitative estimate of drug-likeness (QED) is 0.300. The molecular formula is C31H33N5O3. The number of aliphatic carboxylic acids is 1. The first kappa shape index (κ1) is 25.2. The number of hydrogen-bond acceptors (Lipinski definition) is 5. The molecule has 8 heteroatoms. The van der Waals surface area contributed by atoms with Gasteiger partial charge in [-0.25, -0.2) is 4.68 Å². The molecule has 2 unspecified atom stereocenters. The number of aromatic nitrogens is 5. The van der Waals surface area contributed by atoms with Gasteiger partial charge in [0.05, 0.1) is 39.9 Å². The normalized spacial score (nSPS) is 16.1. The van der Waals surface area contributed by atoms with Crippen molar-refractivity contribution in [1.82, 2.24) is 24.5 Å². The van der Waals surface area contributed by atoms with Crippen molar-refractivity contribution < 1.29 is 14.6 Å². The van der Waals surface area contributed by atoms with Crippen LogP contribution in [0.5, 0.6) is 0 Å². The lowest BCUT2D eigenvalue weighted by Gasteiger charge is -2.33. The third kappa shape index (κ3) is 4.59. The van der Waals surface area contributed by atoms with Crippen LogP contribution in [0.4, 0.5) is 0 Å². The Labute approximate surface area is 227 Å². The second kappa shape index (κ2) is 10.3. The van der Waals surface area contributed by atoms with Crippen LogP contribution in [0.15, 0.2) is 60.8 Å². The summed E-state index contributed by atoms with van der Waals surface area (Å²) in [5, 5.41) is 19.0. The standard InChI is InChI=1S/C31H33N5O3/c1-19(31(37)38)15-21-9-10-26-25(16-21)28-27(17-24(18-32-28)29-20(2)33-34-35(29)3)36(26)30(22-7-5-4-6-8-22)23-11-13-39-14-12-23/h4-10,16-19,23,30H,11-15H2,1-3H3,(H,37,38). The SMILES string of the molecule is Cc1nnn(C)c1-c1cnc2c3cc(CC(C)C(=O)O)ccc3n(C(c3ccccc3)C3CCOCC3)c2c1. The highest BCUT2D eigenvalue weighted by molar-refractivity contribution is 6.07. The molecule has 2 aromatic carbocycles. The van der Waals surface area contributed by atoms with E-state index in [1.54, 1.807) is 11.6 Å². The molecule has 200 valence electrons. The number of carboxylic acids is 1. The van der Waals surface area contributed by atoms with E-state index in [-0.39, 0.29) is 6.04 Å². The molecule has 6 rings (SSSR count). The fourth-order valence-electron chi connectivity index (χ4n) is 6.12. The van der Waals surface area contributed by atoms with Crippen LogP contribution in [-0.2, 0) is 23.0 Å². The van der Waals surface area contributed by atoms with Crippen LogP contribution in [0.2, 0.25) is 0 Å². The van der Waals surface area contributed by atoms with Crippen molar-refractivity contribution >= 4 is 27.9 Å². The van der Waals surface area contributed by atoms with Gasteiger partial charge in [-0.05, 0) is 61.4 Å². The fraction of sp³-hybridized carbons (Fsp3) is 0.355. The molecule has 3 aromatic heterocycles. The molecule has 1 aliphatic heterocycles. The highest BCUT2D eigenvalue weighted by atomic mass is 16.5. The van der Waals surface area contributed by atoms with Crippen molar-refractivity contribution in [2.24, 2.45) is 18.9 Å². The Morgan fingerprint density at radius 1 is 1.10 bits per heavy atom. The van der Waals surface area contributed by atoms with Gasteiger partial charge in [-0.15, -0.1) is 5.10 Å². The highest BCUT2D eigenvalue weighted by Gasteiger charge is 2.30. The summed E-state index contributed by atoms with van der Waals surface area (Å²) in [5.74, 6) is -0.852. The largest absolute Gasteiger partial charge is 0.481 e. The number of pyridine rings is 1. The van der Waals surface area contributed by atoms with Gasteiger partial charge in [-0.1, -0.05) is 48.5 Å². The van der Waals surface area contributed by atoms with Gasteiger partial charge in [0.25, 0.3) is 0 Å².